The first-order chi connectivity index (χ1) is 10.8. The van der Waals surface area contributed by atoms with Crippen molar-refractivity contribution in [1.29, 1.82) is 0 Å². The van der Waals surface area contributed by atoms with Gasteiger partial charge in [-0.2, -0.15) is 0 Å². The highest BCUT2D eigenvalue weighted by Gasteiger charge is 2.53. The molecule has 0 aliphatic carbocycles. The second kappa shape index (κ2) is 8.16. The number of nitrogens with two attached hydrogens (primary N) is 1. The summed E-state index contributed by atoms with van der Waals surface area (Å²) >= 11 is 0. The van der Waals surface area contributed by atoms with E-state index in [-0.39, 0.29) is 36.8 Å². The molecule has 0 saturated carbocycles. The van der Waals surface area contributed by atoms with Gasteiger partial charge in [0.25, 0.3) is 0 Å². The maximum Gasteiger partial charge on any atom is 0.240 e. The fraction of sp³-hybridized carbons (Fsp3) is 0.812. The molecule has 1 spiro atoms. The smallest absolute Gasteiger partial charge is 0.240 e. The lowest BCUT2D eigenvalue weighted by atomic mass is 9.78. The van der Waals surface area contributed by atoms with Gasteiger partial charge < -0.3 is 21.3 Å². The second-order valence-electron chi connectivity index (χ2n) is 7.20. The van der Waals surface area contributed by atoms with Crippen molar-refractivity contribution >= 4 is 30.1 Å². The first kappa shape index (κ1) is 20.7. The number of likely N-dealkylation sites (tertiary alicyclic amines) is 1. The molecular formula is C16H29ClN4O3. The summed E-state index contributed by atoms with van der Waals surface area (Å²) in [6.07, 6.45) is 2.57. The molecule has 24 heavy (non-hydrogen) atoms. The third-order valence-corrected chi connectivity index (χ3v) is 5.00. The van der Waals surface area contributed by atoms with Crippen molar-refractivity contribution in [1.82, 2.24) is 15.5 Å². The van der Waals surface area contributed by atoms with Crippen LogP contribution in [0, 0.1) is 11.3 Å². The lowest BCUT2D eigenvalue weighted by Crippen LogP contribution is -2.52. The van der Waals surface area contributed by atoms with Crippen LogP contribution in [-0.2, 0) is 14.4 Å². The first-order valence-electron chi connectivity index (χ1n) is 8.36. The number of rotatable bonds is 5. The fourth-order valence-electron chi connectivity index (χ4n) is 3.76. The number of carbonyl (C=O) groups excluding carboxylic acids is 3. The van der Waals surface area contributed by atoms with Crippen molar-refractivity contribution in [2.75, 3.05) is 20.1 Å². The van der Waals surface area contributed by atoms with Gasteiger partial charge >= 0.3 is 0 Å². The Morgan fingerprint density at radius 3 is 2.62 bits per heavy atom. The van der Waals surface area contributed by atoms with Gasteiger partial charge in [-0.25, -0.2) is 0 Å². The number of nitrogens with one attached hydrogen (secondary N) is 2. The van der Waals surface area contributed by atoms with Gasteiger partial charge in [0.15, 0.2) is 0 Å². The molecule has 8 heteroatoms. The minimum Gasteiger partial charge on any atom is -0.368 e. The van der Waals surface area contributed by atoms with E-state index in [1.165, 1.54) is 4.90 Å². The van der Waals surface area contributed by atoms with Crippen molar-refractivity contribution in [2.24, 2.45) is 17.1 Å². The Morgan fingerprint density at radius 2 is 2.12 bits per heavy atom. The molecule has 0 bridgehead atoms. The maximum atomic E-state index is 12.9. The molecule has 2 aliphatic heterocycles. The average Bonchev–Trinajstić information content (AvgIpc) is 2.88. The number of piperidine rings is 1. The average molecular weight is 361 g/mol. The normalized spacial score (nSPS) is 27.8. The number of likely N-dealkylation sites (N-methyl/N-ethyl adjacent to an activating group) is 1. The quantitative estimate of drug-likeness (QED) is 0.643. The number of hydrogen-bond acceptors (Lipinski definition) is 4. The lowest BCUT2D eigenvalue weighted by molar-refractivity contribution is -0.140. The Balaban J connectivity index is 0.00000288. The topological polar surface area (TPSA) is 105 Å². The predicted octanol–water partition coefficient (Wildman–Crippen LogP) is 0.0249. The molecule has 0 aromatic carbocycles. The number of halogens is 1. The molecular weight excluding hydrogens is 332 g/mol. The van der Waals surface area contributed by atoms with E-state index in [1.807, 2.05) is 13.8 Å². The zero-order valence-corrected chi connectivity index (χ0v) is 15.4. The van der Waals surface area contributed by atoms with Crippen LogP contribution in [0.25, 0.3) is 0 Å². The standard InChI is InChI=1S/C16H28N4O3.ClH/c1-10(2)7-11(18-3)14(22)20-9-16(8-12(20)13(17)21)5-4-6-19-15(16)23;/h10-12,18H,4-9H2,1-3H3,(H2,17,21)(H,19,23);1H/t11-,12-,16-;/m0./s1. The van der Waals surface area contributed by atoms with Crippen LogP contribution in [0.5, 0.6) is 0 Å². The van der Waals surface area contributed by atoms with E-state index in [4.69, 9.17) is 5.73 Å². The molecule has 7 nitrogen and oxygen atoms in total. The summed E-state index contributed by atoms with van der Waals surface area (Å²) in [7, 11) is 1.74. The van der Waals surface area contributed by atoms with Crippen LogP contribution in [-0.4, -0.2) is 54.8 Å². The van der Waals surface area contributed by atoms with Crippen LogP contribution in [0.4, 0.5) is 0 Å². The van der Waals surface area contributed by atoms with Crippen LogP contribution in [0.3, 0.4) is 0 Å². The molecule has 2 fully saturated rings. The third kappa shape index (κ3) is 4.00. The van der Waals surface area contributed by atoms with Crippen molar-refractivity contribution in [3.05, 3.63) is 0 Å². The molecule has 3 amide bonds. The summed E-state index contributed by atoms with van der Waals surface area (Å²) < 4.78 is 0. The molecule has 0 unspecified atom stereocenters. The number of hydrogen-bond donors (Lipinski definition) is 3. The highest BCUT2D eigenvalue weighted by atomic mass is 35.5. The molecule has 2 heterocycles. The van der Waals surface area contributed by atoms with Gasteiger partial charge in [0, 0.05) is 13.1 Å². The molecule has 0 aromatic heterocycles. The first-order valence-corrected chi connectivity index (χ1v) is 8.36. The molecule has 2 aliphatic rings. The van der Waals surface area contributed by atoms with E-state index in [0.717, 1.165) is 6.42 Å². The van der Waals surface area contributed by atoms with E-state index in [0.29, 0.717) is 31.7 Å². The van der Waals surface area contributed by atoms with Gasteiger partial charge in [0.2, 0.25) is 17.7 Å². The minimum atomic E-state index is -0.700. The van der Waals surface area contributed by atoms with E-state index >= 15 is 0 Å². The third-order valence-electron chi connectivity index (χ3n) is 5.00. The summed E-state index contributed by atoms with van der Waals surface area (Å²) in [5.74, 6) is -0.388. The van der Waals surface area contributed by atoms with Crippen molar-refractivity contribution < 1.29 is 14.4 Å². The Bertz CT molecular complexity index is 500. The van der Waals surface area contributed by atoms with Crippen LogP contribution in [0.15, 0.2) is 0 Å². The second-order valence-corrected chi connectivity index (χ2v) is 7.20. The largest absolute Gasteiger partial charge is 0.368 e. The molecule has 138 valence electrons. The fourth-order valence-corrected chi connectivity index (χ4v) is 3.76. The van der Waals surface area contributed by atoms with Gasteiger partial charge in [-0.05, 0) is 38.6 Å². The summed E-state index contributed by atoms with van der Waals surface area (Å²) in [5.41, 5.74) is 4.86. The van der Waals surface area contributed by atoms with E-state index in [1.54, 1.807) is 7.05 Å². The SMILES string of the molecule is CN[C@@H](CC(C)C)C(=O)N1C[C@]2(CCCNC2=O)C[C@H]1C(N)=O.Cl. The maximum absolute atomic E-state index is 12.9. The Kier molecular flexibility index (Phi) is 7.04. The number of carbonyl (C=O) groups is 3. The molecule has 0 aromatic rings. The molecule has 3 atom stereocenters. The van der Waals surface area contributed by atoms with Crippen LogP contribution in [0.1, 0.15) is 39.5 Å². The molecule has 2 saturated heterocycles. The molecule has 2 rings (SSSR count). The number of nitrogens with zero attached hydrogens (tertiary/aromatic N) is 1. The lowest BCUT2D eigenvalue weighted by Gasteiger charge is -2.32. The van der Waals surface area contributed by atoms with Crippen molar-refractivity contribution in [2.45, 2.75) is 51.6 Å². The molecule has 4 N–H and O–H groups in total. The van der Waals surface area contributed by atoms with Gasteiger partial charge in [-0.3, -0.25) is 14.4 Å². The summed E-state index contributed by atoms with van der Waals surface area (Å²) in [5, 5.41) is 5.89. The van der Waals surface area contributed by atoms with E-state index in [9.17, 15) is 14.4 Å². The zero-order valence-electron chi connectivity index (χ0n) is 14.6. The van der Waals surface area contributed by atoms with E-state index < -0.39 is 17.4 Å². The number of amides is 3. The highest BCUT2D eigenvalue weighted by molar-refractivity contribution is 5.93. The summed E-state index contributed by atoms with van der Waals surface area (Å²) in [6.45, 7) is 5.02. The van der Waals surface area contributed by atoms with Crippen LogP contribution >= 0.6 is 12.4 Å². The summed E-state index contributed by atoms with van der Waals surface area (Å²) in [4.78, 5) is 38.6. The number of primary amides is 1. The Hall–Kier alpha value is -1.34. The zero-order chi connectivity index (χ0) is 17.2. The monoisotopic (exact) mass is 360 g/mol. The predicted molar refractivity (Wildman–Crippen MR) is 93.5 cm³/mol. The van der Waals surface area contributed by atoms with Crippen molar-refractivity contribution in [3.8, 4) is 0 Å². The van der Waals surface area contributed by atoms with E-state index in [2.05, 4.69) is 10.6 Å². The van der Waals surface area contributed by atoms with Crippen LogP contribution in [0.2, 0.25) is 0 Å². The van der Waals surface area contributed by atoms with Gasteiger partial charge in [-0.1, -0.05) is 13.8 Å². The van der Waals surface area contributed by atoms with Gasteiger partial charge in [-0.15, -0.1) is 12.4 Å². The summed E-state index contributed by atoms with van der Waals surface area (Å²) in [6, 6.07) is -1.06. The van der Waals surface area contributed by atoms with Gasteiger partial charge in [0.05, 0.1) is 11.5 Å². The highest BCUT2D eigenvalue weighted by Crippen LogP contribution is 2.41. The van der Waals surface area contributed by atoms with Crippen molar-refractivity contribution in [3.63, 3.8) is 0 Å². The Morgan fingerprint density at radius 1 is 1.46 bits per heavy atom. The van der Waals surface area contributed by atoms with Crippen LogP contribution < -0.4 is 16.4 Å². The molecule has 0 radical (unpaired) electrons. The van der Waals surface area contributed by atoms with Gasteiger partial charge in [0.1, 0.15) is 6.04 Å². The Labute approximate surface area is 149 Å². The minimum absolute atomic E-state index is 0.